The quantitative estimate of drug-likeness (QED) is 0.340. The van der Waals surface area contributed by atoms with Gasteiger partial charge in [-0.25, -0.2) is 0 Å². The maximum Gasteiger partial charge on any atom is 0.261 e. The van der Waals surface area contributed by atoms with Crippen molar-refractivity contribution in [2.75, 3.05) is 13.2 Å². The molecule has 0 saturated heterocycles. The van der Waals surface area contributed by atoms with Crippen molar-refractivity contribution in [1.82, 2.24) is 10.2 Å². The molecule has 1 unspecified atom stereocenters. The molecule has 1 N–H and O–H groups in total. The Morgan fingerprint density at radius 1 is 0.971 bits per heavy atom. The fourth-order valence-electron chi connectivity index (χ4n) is 3.49. The first-order valence-corrected chi connectivity index (χ1v) is 12.4. The summed E-state index contributed by atoms with van der Waals surface area (Å²) in [6.07, 6.45) is 1.20. The predicted molar refractivity (Wildman–Crippen MR) is 139 cm³/mol. The average Bonchev–Trinajstić information content (AvgIpc) is 2.85. The van der Waals surface area contributed by atoms with Crippen LogP contribution in [0.4, 0.5) is 0 Å². The van der Waals surface area contributed by atoms with Crippen molar-refractivity contribution >= 4 is 39.3 Å². The maximum absolute atomic E-state index is 13.5. The minimum absolute atomic E-state index is 0.186. The van der Waals surface area contributed by atoms with Gasteiger partial charge in [-0.2, -0.15) is 0 Å². The first kappa shape index (κ1) is 25.8. The zero-order valence-corrected chi connectivity index (χ0v) is 21.4. The Kier molecular flexibility index (Phi) is 9.98. The zero-order valence-electron chi connectivity index (χ0n) is 19.0. The van der Waals surface area contributed by atoms with Crippen molar-refractivity contribution in [2.45, 2.75) is 32.4 Å². The molecule has 0 bridgehead atoms. The molecule has 34 heavy (non-hydrogen) atoms. The van der Waals surface area contributed by atoms with Gasteiger partial charge in [0, 0.05) is 24.0 Å². The van der Waals surface area contributed by atoms with E-state index in [2.05, 4.69) is 21.2 Å². The Morgan fingerprint density at radius 2 is 1.65 bits per heavy atom. The van der Waals surface area contributed by atoms with Crippen LogP contribution in [0.1, 0.15) is 24.5 Å². The van der Waals surface area contributed by atoms with E-state index in [-0.39, 0.29) is 25.0 Å². The molecule has 0 aromatic heterocycles. The molecule has 0 aliphatic heterocycles. The van der Waals surface area contributed by atoms with Crippen molar-refractivity contribution < 1.29 is 14.3 Å². The van der Waals surface area contributed by atoms with Gasteiger partial charge in [0.05, 0.1) is 5.02 Å². The van der Waals surface area contributed by atoms with Gasteiger partial charge >= 0.3 is 0 Å². The summed E-state index contributed by atoms with van der Waals surface area (Å²) >= 11 is 9.64. The van der Waals surface area contributed by atoms with E-state index in [1.165, 1.54) is 0 Å². The number of nitrogens with zero attached hydrogens (tertiary/aromatic N) is 1. The number of nitrogens with one attached hydrogen (secondary N) is 1. The van der Waals surface area contributed by atoms with E-state index in [0.29, 0.717) is 23.7 Å². The largest absolute Gasteiger partial charge is 0.482 e. The third kappa shape index (κ3) is 7.61. The number of carbonyl (C=O) groups is 2. The highest BCUT2D eigenvalue weighted by Crippen LogP contribution is 2.23. The number of amides is 2. The number of hydrogen-bond acceptors (Lipinski definition) is 3. The maximum atomic E-state index is 13.5. The summed E-state index contributed by atoms with van der Waals surface area (Å²) in [5.74, 6) is -0.0551. The van der Waals surface area contributed by atoms with Crippen molar-refractivity contribution in [3.05, 3.63) is 99.5 Å². The topological polar surface area (TPSA) is 58.6 Å². The number of rotatable bonds is 11. The highest BCUT2D eigenvalue weighted by Gasteiger charge is 2.30. The Balaban J connectivity index is 1.89. The molecule has 178 valence electrons. The lowest BCUT2D eigenvalue weighted by atomic mass is 10.0. The van der Waals surface area contributed by atoms with E-state index in [1.807, 2.05) is 61.5 Å². The van der Waals surface area contributed by atoms with Gasteiger partial charge in [0.1, 0.15) is 11.8 Å². The molecule has 0 saturated carbocycles. The predicted octanol–water partition coefficient (Wildman–Crippen LogP) is 5.65. The molecule has 3 aromatic carbocycles. The standard InChI is InChI=1S/C27H28BrClN2O3/c1-2-16-30-27(33)24(17-20-8-4-3-5-9-20)31(18-21-12-14-22(28)15-13-21)26(32)19-34-25-11-7-6-10-23(25)29/h3-15,24H,2,16-19H2,1H3,(H,30,33). The molecule has 2 amide bonds. The van der Waals surface area contributed by atoms with E-state index >= 15 is 0 Å². The first-order chi connectivity index (χ1) is 16.5. The Bertz CT molecular complexity index is 1080. The Labute approximate surface area is 214 Å². The van der Waals surface area contributed by atoms with Crippen LogP contribution in [0.15, 0.2) is 83.3 Å². The fourth-order valence-corrected chi connectivity index (χ4v) is 3.95. The number of carbonyl (C=O) groups excluding carboxylic acids is 2. The minimum atomic E-state index is -0.694. The minimum Gasteiger partial charge on any atom is -0.482 e. The molecule has 7 heteroatoms. The van der Waals surface area contributed by atoms with Crippen LogP contribution in [0.3, 0.4) is 0 Å². The molecule has 0 radical (unpaired) electrons. The highest BCUT2D eigenvalue weighted by atomic mass is 79.9. The lowest BCUT2D eigenvalue weighted by Gasteiger charge is -2.31. The molecule has 1 atom stereocenters. The zero-order chi connectivity index (χ0) is 24.3. The second-order valence-electron chi connectivity index (χ2n) is 7.86. The SMILES string of the molecule is CCCNC(=O)C(Cc1ccccc1)N(Cc1ccc(Br)cc1)C(=O)COc1ccccc1Cl. The summed E-state index contributed by atoms with van der Waals surface area (Å²) in [6, 6.07) is 23.7. The van der Waals surface area contributed by atoms with Gasteiger partial charge in [-0.3, -0.25) is 9.59 Å². The molecule has 3 rings (SSSR count). The van der Waals surface area contributed by atoms with Crippen molar-refractivity contribution in [3.8, 4) is 5.75 Å². The normalized spacial score (nSPS) is 11.5. The van der Waals surface area contributed by atoms with Crippen LogP contribution in [0, 0.1) is 0 Å². The first-order valence-electron chi connectivity index (χ1n) is 11.2. The molecule has 0 aliphatic rings. The molecule has 3 aromatic rings. The van der Waals surface area contributed by atoms with E-state index in [0.717, 1.165) is 22.0 Å². The van der Waals surface area contributed by atoms with Gasteiger partial charge in [-0.1, -0.05) is 89.1 Å². The average molecular weight is 544 g/mol. The molecule has 0 heterocycles. The van der Waals surface area contributed by atoms with Crippen LogP contribution in [0.5, 0.6) is 5.75 Å². The number of benzene rings is 3. The van der Waals surface area contributed by atoms with Crippen LogP contribution in [-0.2, 0) is 22.6 Å². The second kappa shape index (κ2) is 13.2. The number of ether oxygens (including phenoxy) is 1. The summed E-state index contributed by atoms with van der Waals surface area (Å²) in [5, 5.41) is 3.39. The van der Waals surface area contributed by atoms with Crippen molar-refractivity contribution in [1.29, 1.82) is 0 Å². The van der Waals surface area contributed by atoms with Crippen molar-refractivity contribution in [2.24, 2.45) is 0 Å². The van der Waals surface area contributed by atoms with Crippen molar-refractivity contribution in [3.63, 3.8) is 0 Å². The van der Waals surface area contributed by atoms with Gasteiger partial charge in [0.2, 0.25) is 5.91 Å². The summed E-state index contributed by atoms with van der Waals surface area (Å²) in [7, 11) is 0. The number of halogens is 2. The van der Waals surface area contributed by atoms with Crippen LogP contribution < -0.4 is 10.1 Å². The van der Waals surface area contributed by atoms with Gasteiger partial charge < -0.3 is 15.0 Å². The van der Waals surface area contributed by atoms with Gasteiger partial charge in [-0.05, 0) is 41.8 Å². The van der Waals surface area contributed by atoms with E-state index < -0.39 is 6.04 Å². The summed E-state index contributed by atoms with van der Waals surface area (Å²) in [5.41, 5.74) is 1.88. The van der Waals surface area contributed by atoms with E-state index in [4.69, 9.17) is 16.3 Å². The summed E-state index contributed by atoms with van der Waals surface area (Å²) in [4.78, 5) is 28.3. The lowest BCUT2D eigenvalue weighted by molar-refractivity contribution is -0.142. The molecular formula is C27H28BrClN2O3. The van der Waals surface area contributed by atoms with E-state index in [9.17, 15) is 9.59 Å². The Hall–Kier alpha value is -2.83. The highest BCUT2D eigenvalue weighted by molar-refractivity contribution is 9.10. The van der Waals surface area contributed by atoms with Gasteiger partial charge in [0.25, 0.3) is 5.91 Å². The lowest BCUT2D eigenvalue weighted by Crippen LogP contribution is -2.51. The molecule has 0 fully saturated rings. The third-order valence-corrected chi connectivity index (χ3v) is 6.12. The second-order valence-corrected chi connectivity index (χ2v) is 9.19. The summed E-state index contributed by atoms with van der Waals surface area (Å²) in [6.45, 7) is 2.58. The number of para-hydroxylation sites is 1. The molecule has 0 spiro atoms. The smallest absolute Gasteiger partial charge is 0.261 e. The fraction of sp³-hybridized carbons (Fsp3) is 0.259. The third-order valence-electron chi connectivity index (χ3n) is 5.27. The number of hydrogen-bond donors (Lipinski definition) is 1. The molecule has 5 nitrogen and oxygen atoms in total. The van der Waals surface area contributed by atoms with Crippen LogP contribution in [0.2, 0.25) is 5.02 Å². The molecule has 0 aliphatic carbocycles. The van der Waals surface area contributed by atoms with E-state index in [1.54, 1.807) is 29.2 Å². The van der Waals surface area contributed by atoms with Crippen LogP contribution in [-0.4, -0.2) is 35.9 Å². The van der Waals surface area contributed by atoms with Gasteiger partial charge in [-0.15, -0.1) is 0 Å². The van der Waals surface area contributed by atoms with Gasteiger partial charge in [0.15, 0.2) is 6.61 Å². The summed E-state index contributed by atoms with van der Waals surface area (Å²) < 4.78 is 6.68. The molecular weight excluding hydrogens is 516 g/mol. The monoisotopic (exact) mass is 542 g/mol. The van der Waals surface area contributed by atoms with Crippen LogP contribution in [0.25, 0.3) is 0 Å². The van der Waals surface area contributed by atoms with Crippen LogP contribution >= 0.6 is 27.5 Å². The Morgan fingerprint density at radius 3 is 2.32 bits per heavy atom.